The van der Waals surface area contributed by atoms with E-state index in [1.54, 1.807) is 43.3 Å². The summed E-state index contributed by atoms with van der Waals surface area (Å²) in [6.45, 7) is 0.992. The van der Waals surface area contributed by atoms with Gasteiger partial charge in [-0.25, -0.2) is 0 Å². The van der Waals surface area contributed by atoms with Gasteiger partial charge in [0.15, 0.2) is 0 Å². The molecule has 0 saturated heterocycles. The van der Waals surface area contributed by atoms with E-state index in [9.17, 15) is 22.8 Å². The van der Waals surface area contributed by atoms with E-state index in [0.717, 1.165) is 17.0 Å². The average molecular weight is 457 g/mol. The van der Waals surface area contributed by atoms with Gasteiger partial charge < -0.3 is 14.4 Å². The van der Waals surface area contributed by atoms with E-state index in [2.05, 4.69) is 0 Å². The number of hydrogen-bond acceptors (Lipinski definition) is 4. The van der Waals surface area contributed by atoms with Gasteiger partial charge in [0.05, 0.1) is 24.3 Å². The van der Waals surface area contributed by atoms with Gasteiger partial charge in [-0.3, -0.25) is 9.59 Å². The van der Waals surface area contributed by atoms with E-state index in [4.69, 9.17) is 9.47 Å². The van der Waals surface area contributed by atoms with Crippen molar-refractivity contribution in [1.82, 2.24) is 0 Å². The fourth-order valence-electron chi connectivity index (χ4n) is 3.16. The number of carbonyl (C=O) groups excluding carboxylic acids is 2. The first-order chi connectivity index (χ1) is 15.8. The van der Waals surface area contributed by atoms with Gasteiger partial charge in [0, 0.05) is 0 Å². The highest BCUT2D eigenvalue weighted by atomic mass is 19.4. The molecule has 0 saturated carbocycles. The highest BCUT2D eigenvalue weighted by Crippen LogP contribution is 2.36. The second-order valence-corrected chi connectivity index (χ2v) is 7.04. The van der Waals surface area contributed by atoms with Crippen molar-refractivity contribution < 1.29 is 32.2 Å². The van der Waals surface area contributed by atoms with E-state index in [1.165, 1.54) is 12.1 Å². The van der Waals surface area contributed by atoms with E-state index >= 15 is 0 Å². The molecule has 3 rings (SSSR count). The number of esters is 1. The molecule has 3 aromatic rings. The van der Waals surface area contributed by atoms with Gasteiger partial charge in [-0.05, 0) is 48.9 Å². The Hall–Kier alpha value is -3.81. The molecule has 3 aromatic carbocycles. The molecule has 0 aromatic heterocycles. The van der Waals surface area contributed by atoms with E-state index < -0.39 is 35.8 Å². The molecule has 0 aliphatic heterocycles. The lowest BCUT2D eigenvalue weighted by Crippen LogP contribution is -2.38. The molecular formula is C25H22F3NO4. The maximum Gasteiger partial charge on any atom is 0.418 e. The number of nitrogens with zero attached hydrogens (tertiary/aromatic N) is 1. The zero-order valence-corrected chi connectivity index (χ0v) is 17.8. The van der Waals surface area contributed by atoms with Gasteiger partial charge in [-0.2, -0.15) is 13.2 Å². The molecule has 0 radical (unpaired) electrons. The summed E-state index contributed by atoms with van der Waals surface area (Å²) in [7, 11) is 0. The number of carbonyl (C=O) groups is 2. The summed E-state index contributed by atoms with van der Waals surface area (Å²) >= 11 is 0. The number of rotatable bonds is 8. The average Bonchev–Trinajstić information content (AvgIpc) is 2.79. The highest BCUT2D eigenvalue weighted by molar-refractivity contribution is 5.99. The summed E-state index contributed by atoms with van der Waals surface area (Å²) in [6.07, 6.45) is -4.91. The van der Waals surface area contributed by atoms with Gasteiger partial charge in [-0.1, -0.05) is 42.5 Å². The van der Waals surface area contributed by atoms with Crippen LogP contribution in [0.1, 0.15) is 18.1 Å². The summed E-state index contributed by atoms with van der Waals surface area (Å²) in [4.78, 5) is 25.9. The molecule has 5 nitrogen and oxygen atoms in total. The van der Waals surface area contributed by atoms with Gasteiger partial charge in [0.1, 0.15) is 18.0 Å². The van der Waals surface area contributed by atoms with Crippen LogP contribution in [0.2, 0.25) is 0 Å². The first-order valence-electron chi connectivity index (χ1n) is 10.2. The summed E-state index contributed by atoms with van der Waals surface area (Å²) in [5, 5.41) is 0. The third kappa shape index (κ3) is 6.58. The van der Waals surface area contributed by atoms with E-state index in [-0.39, 0.29) is 13.0 Å². The Kier molecular flexibility index (Phi) is 7.71. The minimum absolute atomic E-state index is 0.0463. The van der Waals surface area contributed by atoms with Crippen molar-refractivity contribution in [2.24, 2.45) is 0 Å². The number of benzene rings is 3. The van der Waals surface area contributed by atoms with Crippen molar-refractivity contribution in [2.75, 3.05) is 18.1 Å². The van der Waals surface area contributed by atoms with Crippen LogP contribution in [0.15, 0.2) is 78.9 Å². The largest absolute Gasteiger partial charge is 0.465 e. The lowest BCUT2D eigenvalue weighted by atomic mass is 10.1. The SMILES string of the molecule is CCOC(=O)CN(C(=O)Cc1ccc(Oc2ccccc2)cc1)c1ccccc1C(F)(F)F. The minimum Gasteiger partial charge on any atom is -0.465 e. The predicted molar refractivity (Wildman–Crippen MR) is 117 cm³/mol. The number of halogens is 3. The number of ether oxygens (including phenoxy) is 2. The molecule has 33 heavy (non-hydrogen) atoms. The molecule has 0 atom stereocenters. The Labute approximate surface area is 189 Å². The van der Waals surface area contributed by atoms with Crippen molar-refractivity contribution in [3.8, 4) is 11.5 Å². The molecule has 0 unspecified atom stereocenters. The summed E-state index contributed by atoms with van der Waals surface area (Å²) in [5.41, 5.74) is -0.847. The molecule has 0 bridgehead atoms. The fourth-order valence-corrected chi connectivity index (χ4v) is 3.16. The van der Waals surface area contributed by atoms with Crippen LogP contribution in [-0.4, -0.2) is 25.0 Å². The lowest BCUT2D eigenvalue weighted by Gasteiger charge is -2.25. The molecule has 172 valence electrons. The minimum atomic E-state index is -4.69. The third-order valence-electron chi connectivity index (χ3n) is 4.65. The number of anilines is 1. The van der Waals surface area contributed by atoms with Crippen LogP contribution in [0, 0.1) is 0 Å². The predicted octanol–water partition coefficient (Wildman–Crippen LogP) is 5.64. The van der Waals surface area contributed by atoms with Gasteiger partial charge >= 0.3 is 12.1 Å². The molecule has 0 N–H and O–H groups in total. The highest BCUT2D eigenvalue weighted by Gasteiger charge is 2.36. The number of alkyl halides is 3. The molecule has 8 heteroatoms. The Balaban J connectivity index is 1.81. The Morgan fingerprint density at radius 1 is 0.848 bits per heavy atom. The zero-order valence-electron chi connectivity index (χ0n) is 17.8. The standard InChI is InChI=1S/C25H22F3NO4/c1-2-32-24(31)17-29(22-11-7-6-10-21(22)25(26,27)28)23(30)16-18-12-14-20(15-13-18)33-19-8-4-3-5-9-19/h3-15H,2,16-17H2,1H3. The smallest absolute Gasteiger partial charge is 0.418 e. The van der Waals surface area contributed by atoms with Crippen molar-refractivity contribution in [1.29, 1.82) is 0 Å². The van der Waals surface area contributed by atoms with Crippen LogP contribution in [0.5, 0.6) is 11.5 Å². The molecule has 0 aliphatic carbocycles. The second-order valence-electron chi connectivity index (χ2n) is 7.04. The van der Waals surface area contributed by atoms with E-state index in [0.29, 0.717) is 17.1 Å². The number of hydrogen-bond donors (Lipinski definition) is 0. The van der Waals surface area contributed by atoms with Crippen molar-refractivity contribution in [3.63, 3.8) is 0 Å². The topological polar surface area (TPSA) is 55.8 Å². The summed E-state index contributed by atoms with van der Waals surface area (Å²) < 4.78 is 51.2. The van der Waals surface area contributed by atoms with Gasteiger partial charge in [0.2, 0.25) is 5.91 Å². The molecule has 0 aliphatic rings. The van der Waals surface area contributed by atoms with E-state index in [1.807, 2.05) is 18.2 Å². The van der Waals surface area contributed by atoms with Crippen LogP contribution in [0.4, 0.5) is 18.9 Å². The van der Waals surface area contributed by atoms with Crippen molar-refractivity contribution >= 4 is 17.6 Å². The number of amides is 1. The Morgan fingerprint density at radius 2 is 1.45 bits per heavy atom. The third-order valence-corrected chi connectivity index (χ3v) is 4.65. The van der Waals surface area contributed by atoms with Crippen LogP contribution in [0.25, 0.3) is 0 Å². The van der Waals surface area contributed by atoms with Crippen molar-refractivity contribution in [3.05, 3.63) is 90.0 Å². The second kappa shape index (κ2) is 10.7. The van der Waals surface area contributed by atoms with Crippen LogP contribution in [0.3, 0.4) is 0 Å². The van der Waals surface area contributed by atoms with Crippen LogP contribution in [-0.2, 0) is 26.9 Å². The molecule has 0 spiro atoms. The van der Waals surface area contributed by atoms with Crippen LogP contribution < -0.4 is 9.64 Å². The molecule has 0 fully saturated rings. The van der Waals surface area contributed by atoms with Crippen LogP contribution >= 0.6 is 0 Å². The lowest BCUT2D eigenvalue weighted by molar-refractivity contribution is -0.143. The van der Waals surface area contributed by atoms with Crippen molar-refractivity contribution in [2.45, 2.75) is 19.5 Å². The zero-order chi connectivity index (χ0) is 23.8. The Morgan fingerprint density at radius 3 is 2.09 bits per heavy atom. The molecular weight excluding hydrogens is 435 g/mol. The van der Waals surface area contributed by atoms with Gasteiger partial charge in [-0.15, -0.1) is 0 Å². The number of para-hydroxylation sites is 2. The maximum absolute atomic E-state index is 13.5. The Bertz CT molecular complexity index is 1080. The summed E-state index contributed by atoms with van der Waals surface area (Å²) in [5.74, 6) is -0.278. The normalized spacial score (nSPS) is 11.0. The quantitative estimate of drug-likeness (QED) is 0.411. The first kappa shape index (κ1) is 23.8. The molecule has 1 amide bonds. The summed E-state index contributed by atoms with van der Waals surface area (Å²) in [6, 6.07) is 20.4. The maximum atomic E-state index is 13.5. The first-order valence-corrected chi connectivity index (χ1v) is 10.2. The van der Waals surface area contributed by atoms with Gasteiger partial charge in [0.25, 0.3) is 0 Å². The molecule has 0 heterocycles. The monoisotopic (exact) mass is 457 g/mol. The fraction of sp³-hybridized carbons (Fsp3) is 0.200.